The first-order chi connectivity index (χ1) is 8.60. The van der Waals surface area contributed by atoms with Gasteiger partial charge in [-0.1, -0.05) is 28.1 Å². The van der Waals surface area contributed by atoms with Crippen molar-refractivity contribution in [2.75, 3.05) is 5.32 Å². The van der Waals surface area contributed by atoms with Gasteiger partial charge in [0.25, 0.3) is 0 Å². The normalized spacial score (nSPS) is 9.89. The minimum atomic E-state index is 0.653. The van der Waals surface area contributed by atoms with Crippen LogP contribution < -0.4 is 5.32 Å². The maximum absolute atomic E-state index is 9.11. The highest BCUT2D eigenvalue weighted by Crippen LogP contribution is 2.26. The highest BCUT2D eigenvalue weighted by atomic mass is 79.9. The summed E-state index contributed by atoms with van der Waals surface area (Å²) >= 11 is 3.45. The number of rotatable bonds is 2. The fraction of sp³-hybridized carbons (Fsp3) is 0.133. The second kappa shape index (κ2) is 5.24. The zero-order valence-electron chi connectivity index (χ0n) is 10.3. The van der Waals surface area contributed by atoms with Gasteiger partial charge >= 0.3 is 0 Å². The lowest BCUT2D eigenvalue weighted by molar-refractivity contribution is 1.38. The standard InChI is InChI=1S/C15H13BrN2/c1-10-3-5-12(9-17)15(7-10)18-14-8-13(16)6-4-11(14)2/h3-8,18H,1-2H3. The molecule has 0 atom stereocenters. The van der Waals surface area contributed by atoms with Gasteiger partial charge in [0.05, 0.1) is 11.3 Å². The summed E-state index contributed by atoms with van der Waals surface area (Å²) in [6.45, 7) is 4.05. The van der Waals surface area contributed by atoms with Crippen molar-refractivity contribution in [2.24, 2.45) is 0 Å². The maximum Gasteiger partial charge on any atom is 0.101 e. The summed E-state index contributed by atoms with van der Waals surface area (Å²) < 4.78 is 1.02. The van der Waals surface area contributed by atoms with E-state index in [0.29, 0.717) is 5.56 Å². The Morgan fingerprint density at radius 2 is 1.83 bits per heavy atom. The van der Waals surface area contributed by atoms with Gasteiger partial charge in [0, 0.05) is 10.2 Å². The lowest BCUT2D eigenvalue weighted by Gasteiger charge is -2.12. The van der Waals surface area contributed by atoms with Gasteiger partial charge < -0.3 is 5.32 Å². The van der Waals surface area contributed by atoms with E-state index in [9.17, 15) is 0 Å². The number of halogens is 1. The number of anilines is 2. The summed E-state index contributed by atoms with van der Waals surface area (Å²) in [6, 6.07) is 14.0. The van der Waals surface area contributed by atoms with Crippen molar-refractivity contribution >= 4 is 27.3 Å². The molecule has 2 aromatic carbocycles. The molecule has 0 spiro atoms. The van der Waals surface area contributed by atoms with Crippen LogP contribution in [0.5, 0.6) is 0 Å². The minimum Gasteiger partial charge on any atom is -0.354 e. The molecule has 0 aromatic heterocycles. The molecule has 0 saturated heterocycles. The molecule has 2 rings (SSSR count). The summed E-state index contributed by atoms with van der Waals surface area (Å²) in [5, 5.41) is 12.4. The molecule has 90 valence electrons. The van der Waals surface area contributed by atoms with Gasteiger partial charge in [-0.25, -0.2) is 0 Å². The monoisotopic (exact) mass is 300 g/mol. The molecule has 0 fully saturated rings. The van der Waals surface area contributed by atoms with Crippen molar-refractivity contribution in [1.29, 1.82) is 5.26 Å². The number of nitriles is 1. The van der Waals surface area contributed by atoms with Crippen LogP contribution in [0.3, 0.4) is 0 Å². The fourth-order valence-electron chi connectivity index (χ4n) is 1.73. The van der Waals surface area contributed by atoms with Crippen LogP contribution in [0.2, 0.25) is 0 Å². The smallest absolute Gasteiger partial charge is 0.101 e. The minimum absolute atomic E-state index is 0.653. The van der Waals surface area contributed by atoms with Gasteiger partial charge in [0.15, 0.2) is 0 Å². The molecule has 0 aliphatic heterocycles. The van der Waals surface area contributed by atoms with Crippen LogP contribution in [0.25, 0.3) is 0 Å². The molecular formula is C15H13BrN2. The average Bonchev–Trinajstić information content (AvgIpc) is 2.34. The molecule has 1 N–H and O–H groups in total. The lowest BCUT2D eigenvalue weighted by Crippen LogP contribution is -1.96. The molecule has 0 unspecified atom stereocenters. The molecule has 18 heavy (non-hydrogen) atoms. The molecular weight excluding hydrogens is 288 g/mol. The van der Waals surface area contributed by atoms with E-state index in [2.05, 4.69) is 27.3 Å². The summed E-state index contributed by atoms with van der Waals surface area (Å²) in [5.74, 6) is 0. The first kappa shape index (κ1) is 12.7. The molecule has 2 aromatic rings. The molecule has 0 aliphatic rings. The molecule has 0 radical (unpaired) electrons. The van der Waals surface area contributed by atoms with Gasteiger partial charge in [-0.15, -0.1) is 0 Å². The predicted octanol–water partition coefficient (Wildman–Crippen LogP) is 4.68. The van der Waals surface area contributed by atoms with Gasteiger partial charge in [-0.2, -0.15) is 5.26 Å². The highest BCUT2D eigenvalue weighted by molar-refractivity contribution is 9.10. The number of benzene rings is 2. The number of hydrogen-bond donors (Lipinski definition) is 1. The van der Waals surface area contributed by atoms with Crippen LogP contribution in [0.4, 0.5) is 11.4 Å². The van der Waals surface area contributed by atoms with Crippen molar-refractivity contribution in [2.45, 2.75) is 13.8 Å². The third kappa shape index (κ3) is 2.72. The van der Waals surface area contributed by atoms with E-state index in [-0.39, 0.29) is 0 Å². The van der Waals surface area contributed by atoms with Crippen molar-refractivity contribution in [3.05, 3.63) is 57.6 Å². The molecule has 0 saturated carbocycles. The van der Waals surface area contributed by atoms with Crippen molar-refractivity contribution in [1.82, 2.24) is 0 Å². The quantitative estimate of drug-likeness (QED) is 0.874. The Balaban J connectivity index is 2.43. The first-order valence-electron chi connectivity index (χ1n) is 5.64. The molecule has 3 heteroatoms. The highest BCUT2D eigenvalue weighted by Gasteiger charge is 2.05. The fourth-order valence-corrected chi connectivity index (χ4v) is 2.09. The van der Waals surface area contributed by atoms with E-state index in [1.165, 1.54) is 0 Å². The van der Waals surface area contributed by atoms with Crippen LogP contribution >= 0.6 is 15.9 Å². The Morgan fingerprint density at radius 1 is 1.06 bits per heavy atom. The first-order valence-corrected chi connectivity index (χ1v) is 6.43. The largest absolute Gasteiger partial charge is 0.354 e. The molecule has 0 bridgehead atoms. The van der Waals surface area contributed by atoms with E-state index in [1.807, 2.05) is 50.2 Å². The number of nitrogens with one attached hydrogen (secondary N) is 1. The number of aryl methyl sites for hydroxylation is 2. The second-order valence-corrected chi connectivity index (χ2v) is 5.16. The third-order valence-electron chi connectivity index (χ3n) is 2.76. The van der Waals surface area contributed by atoms with Crippen LogP contribution in [0.15, 0.2) is 40.9 Å². The van der Waals surface area contributed by atoms with Gasteiger partial charge in [0.1, 0.15) is 6.07 Å². The van der Waals surface area contributed by atoms with Crippen LogP contribution in [-0.2, 0) is 0 Å². The molecule has 2 nitrogen and oxygen atoms in total. The van der Waals surface area contributed by atoms with Crippen LogP contribution in [0, 0.1) is 25.2 Å². The van der Waals surface area contributed by atoms with Gasteiger partial charge in [-0.05, 0) is 49.2 Å². The van der Waals surface area contributed by atoms with E-state index in [4.69, 9.17) is 5.26 Å². The number of hydrogen-bond acceptors (Lipinski definition) is 2. The average molecular weight is 301 g/mol. The number of nitrogens with zero attached hydrogens (tertiary/aromatic N) is 1. The van der Waals surface area contributed by atoms with E-state index >= 15 is 0 Å². The van der Waals surface area contributed by atoms with Gasteiger partial charge in [0.2, 0.25) is 0 Å². The Hall–Kier alpha value is -1.79. The van der Waals surface area contributed by atoms with E-state index in [1.54, 1.807) is 0 Å². The van der Waals surface area contributed by atoms with E-state index in [0.717, 1.165) is 27.0 Å². The summed E-state index contributed by atoms with van der Waals surface area (Å²) in [7, 11) is 0. The Morgan fingerprint density at radius 3 is 2.56 bits per heavy atom. The Bertz CT molecular complexity index is 627. The third-order valence-corrected chi connectivity index (χ3v) is 3.26. The SMILES string of the molecule is Cc1ccc(C#N)c(Nc2cc(Br)ccc2C)c1. The molecule has 0 heterocycles. The zero-order valence-corrected chi connectivity index (χ0v) is 11.9. The van der Waals surface area contributed by atoms with E-state index < -0.39 is 0 Å². The summed E-state index contributed by atoms with van der Waals surface area (Å²) in [5.41, 5.74) is 4.78. The lowest BCUT2D eigenvalue weighted by atomic mass is 10.1. The zero-order chi connectivity index (χ0) is 13.1. The topological polar surface area (TPSA) is 35.8 Å². The van der Waals surface area contributed by atoms with Crippen molar-refractivity contribution < 1.29 is 0 Å². The van der Waals surface area contributed by atoms with Crippen molar-refractivity contribution in [3.8, 4) is 6.07 Å². The Labute approximate surface area is 115 Å². The summed E-state index contributed by atoms with van der Waals surface area (Å²) in [6.07, 6.45) is 0. The maximum atomic E-state index is 9.11. The Kier molecular flexibility index (Phi) is 3.69. The van der Waals surface area contributed by atoms with Crippen LogP contribution in [0.1, 0.15) is 16.7 Å². The van der Waals surface area contributed by atoms with Crippen LogP contribution in [-0.4, -0.2) is 0 Å². The summed E-state index contributed by atoms with van der Waals surface area (Å²) in [4.78, 5) is 0. The second-order valence-electron chi connectivity index (χ2n) is 4.25. The van der Waals surface area contributed by atoms with Gasteiger partial charge in [-0.3, -0.25) is 0 Å². The molecule has 0 amide bonds. The predicted molar refractivity (Wildman–Crippen MR) is 78.1 cm³/mol. The van der Waals surface area contributed by atoms with Crippen molar-refractivity contribution in [3.63, 3.8) is 0 Å². The molecule has 0 aliphatic carbocycles.